The summed E-state index contributed by atoms with van der Waals surface area (Å²) in [6, 6.07) is 13.5. The van der Waals surface area contributed by atoms with Gasteiger partial charge in [0.2, 0.25) is 0 Å². The molecule has 2 aromatic rings. The SMILES string of the molecule is N#Cc1cccc(-c2cccc(C(F)(F)F)c2)c1. The molecule has 0 amide bonds. The monoisotopic (exact) mass is 247 g/mol. The van der Waals surface area contributed by atoms with Crippen LogP contribution in [0, 0.1) is 11.3 Å². The lowest BCUT2D eigenvalue weighted by molar-refractivity contribution is -0.137. The lowest BCUT2D eigenvalue weighted by Crippen LogP contribution is -2.04. The molecule has 4 heteroatoms. The normalized spacial score (nSPS) is 11.0. The van der Waals surface area contributed by atoms with Crippen molar-refractivity contribution in [1.82, 2.24) is 0 Å². The quantitative estimate of drug-likeness (QED) is 0.739. The zero-order valence-corrected chi connectivity index (χ0v) is 9.20. The summed E-state index contributed by atoms with van der Waals surface area (Å²) in [7, 11) is 0. The summed E-state index contributed by atoms with van der Waals surface area (Å²) >= 11 is 0. The van der Waals surface area contributed by atoms with Gasteiger partial charge in [-0.2, -0.15) is 18.4 Å². The largest absolute Gasteiger partial charge is 0.416 e. The predicted molar refractivity (Wildman–Crippen MR) is 61.6 cm³/mol. The summed E-state index contributed by atoms with van der Waals surface area (Å²) in [5.74, 6) is 0. The third-order valence-corrected chi connectivity index (χ3v) is 2.51. The smallest absolute Gasteiger partial charge is 0.192 e. The van der Waals surface area contributed by atoms with Gasteiger partial charge in [-0.15, -0.1) is 0 Å². The number of nitriles is 1. The summed E-state index contributed by atoms with van der Waals surface area (Å²) in [5, 5.41) is 8.76. The highest BCUT2D eigenvalue weighted by molar-refractivity contribution is 5.66. The number of halogens is 3. The van der Waals surface area contributed by atoms with Crippen LogP contribution in [0.2, 0.25) is 0 Å². The van der Waals surface area contributed by atoms with E-state index in [1.54, 1.807) is 30.3 Å². The fourth-order valence-corrected chi connectivity index (χ4v) is 1.64. The van der Waals surface area contributed by atoms with E-state index in [-0.39, 0.29) is 0 Å². The molecule has 0 fully saturated rings. The molecule has 2 rings (SSSR count). The molecule has 1 nitrogen and oxygen atoms in total. The number of hydrogen-bond donors (Lipinski definition) is 0. The minimum atomic E-state index is -4.36. The zero-order chi connectivity index (χ0) is 13.2. The van der Waals surface area contributed by atoms with E-state index in [1.165, 1.54) is 6.07 Å². The Morgan fingerprint density at radius 1 is 0.889 bits per heavy atom. The van der Waals surface area contributed by atoms with Gasteiger partial charge in [-0.3, -0.25) is 0 Å². The van der Waals surface area contributed by atoms with Crippen LogP contribution in [-0.2, 0) is 6.18 Å². The average molecular weight is 247 g/mol. The van der Waals surface area contributed by atoms with Gasteiger partial charge in [0, 0.05) is 0 Å². The van der Waals surface area contributed by atoms with Crippen LogP contribution in [0.5, 0.6) is 0 Å². The molecular formula is C14H8F3N. The lowest BCUT2D eigenvalue weighted by atomic mass is 10.0. The lowest BCUT2D eigenvalue weighted by Gasteiger charge is -2.08. The molecule has 0 bridgehead atoms. The third kappa shape index (κ3) is 2.51. The second-order valence-corrected chi connectivity index (χ2v) is 3.77. The van der Waals surface area contributed by atoms with Gasteiger partial charge in [-0.25, -0.2) is 0 Å². The first-order chi connectivity index (χ1) is 8.50. The maximum atomic E-state index is 12.6. The van der Waals surface area contributed by atoms with Gasteiger partial charge < -0.3 is 0 Å². The topological polar surface area (TPSA) is 23.8 Å². The summed E-state index contributed by atoms with van der Waals surface area (Å²) in [5.41, 5.74) is 0.773. The Morgan fingerprint density at radius 2 is 1.50 bits per heavy atom. The maximum Gasteiger partial charge on any atom is 0.416 e. The van der Waals surface area contributed by atoms with Gasteiger partial charge in [-0.1, -0.05) is 24.3 Å². The Labute approximate surface area is 102 Å². The molecule has 90 valence electrons. The predicted octanol–water partition coefficient (Wildman–Crippen LogP) is 4.24. The zero-order valence-electron chi connectivity index (χ0n) is 9.20. The highest BCUT2D eigenvalue weighted by Gasteiger charge is 2.30. The molecule has 0 saturated heterocycles. The van der Waals surface area contributed by atoms with Crippen molar-refractivity contribution in [2.45, 2.75) is 6.18 Å². The van der Waals surface area contributed by atoms with E-state index in [0.717, 1.165) is 12.1 Å². The van der Waals surface area contributed by atoms with E-state index < -0.39 is 11.7 Å². The first-order valence-electron chi connectivity index (χ1n) is 5.18. The highest BCUT2D eigenvalue weighted by atomic mass is 19.4. The minimum absolute atomic E-state index is 0.421. The van der Waals surface area contributed by atoms with Crippen LogP contribution in [0.15, 0.2) is 48.5 Å². The van der Waals surface area contributed by atoms with Crippen molar-refractivity contribution in [3.63, 3.8) is 0 Å². The molecule has 0 unspecified atom stereocenters. The van der Waals surface area contributed by atoms with Crippen LogP contribution in [0.3, 0.4) is 0 Å². The van der Waals surface area contributed by atoms with Gasteiger partial charge in [0.25, 0.3) is 0 Å². The van der Waals surface area contributed by atoms with E-state index in [9.17, 15) is 13.2 Å². The Morgan fingerprint density at radius 3 is 2.11 bits per heavy atom. The van der Waals surface area contributed by atoms with Crippen LogP contribution in [0.1, 0.15) is 11.1 Å². The van der Waals surface area contributed by atoms with Crippen molar-refractivity contribution < 1.29 is 13.2 Å². The van der Waals surface area contributed by atoms with E-state index in [2.05, 4.69) is 0 Å². The summed E-state index contributed by atoms with van der Waals surface area (Å²) in [4.78, 5) is 0. The summed E-state index contributed by atoms with van der Waals surface area (Å²) < 4.78 is 37.7. The van der Waals surface area contributed by atoms with Crippen LogP contribution in [-0.4, -0.2) is 0 Å². The van der Waals surface area contributed by atoms with Crippen LogP contribution in [0.25, 0.3) is 11.1 Å². The molecule has 0 aliphatic heterocycles. The Balaban J connectivity index is 2.48. The van der Waals surface area contributed by atoms with Crippen molar-refractivity contribution in [2.24, 2.45) is 0 Å². The molecule has 0 spiro atoms. The Bertz CT molecular complexity index is 609. The van der Waals surface area contributed by atoms with Gasteiger partial charge in [0.05, 0.1) is 17.2 Å². The second-order valence-electron chi connectivity index (χ2n) is 3.77. The summed E-state index contributed by atoms with van der Waals surface area (Å²) in [6.07, 6.45) is -4.36. The number of hydrogen-bond acceptors (Lipinski definition) is 1. The van der Waals surface area contributed by atoms with E-state index in [1.807, 2.05) is 6.07 Å². The molecule has 0 aromatic heterocycles. The Kier molecular flexibility index (Phi) is 3.07. The van der Waals surface area contributed by atoms with Crippen LogP contribution >= 0.6 is 0 Å². The fraction of sp³-hybridized carbons (Fsp3) is 0.0714. The fourth-order valence-electron chi connectivity index (χ4n) is 1.64. The molecule has 0 radical (unpaired) electrons. The molecule has 0 atom stereocenters. The number of alkyl halides is 3. The summed E-state index contributed by atoms with van der Waals surface area (Å²) in [6.45, 7) is 0. The molecule has 2 aromatic carbocycles. The van der Waals surface area contributed by atoms with Crippen molar-refractivity contribution in [3.05, 3.63) is 59.7 Å². The first-order valence-corrected chi connectivity index (χ1v) is 5.18. The maximum absolute atomic E-state index is 12.6. The van der Waals surface area contributed by atoms with Crippen molar-refractivity contribution in [3.8, 4) is 17.2 Å². The minimum Gasteiger partial charge on any atom is -0.192 e. The van der Waals surface area contributed by atoms with E-state index in [0.29, 0.717) is 16.7 Å². The van der Waals surface area contributed by atoms with E-state index in [4.69, 9.17) is 5.26 Å². The Hall–Kier alpha value is -2.28. The van der Waals surface area contributed by atoms with Crippen LogP contribution < -0.4 is 0 Å². The molecule has 0 saturated carbocycles. The standard InChI is InChI=1S/C14H8F3N/c15-14(16,17)13-6-2-5-12(8-13)11-4-1-3-10(7-11)9-18/h1-8H. The van der Waals surface area contributed by atoms with Gasteiger partial charge >= 0.3 is 6.18 Å². The number of benzene rings is 2. The molecular weight excluding hydrogens is 239 g/mol. The third-order valence-electron chi connectivity index (χ3n) is 2.51. The van der Waals surface area contributed by atoms with E-state index >= 15 is 0 Å². The van der Waals surface area contributed by atoms with Gasteiger partial charge in [0.1, 0.15) is 0 Å². The van der Waals surface area contributed by atoms with Crippen LogP contribution in [0.4, 0.5) is 13.2 Å². The average Bonchev–Trinajstić information content (AvgIpc) is 2.38. The molecule has 0 heterocycles. The number of rotatable bonds is 1. The molecule has 0 aliphatic carbocycles. The van der Waals surface area contributed by atoms with Gasteiger partial charge in [-0.05, 0) is 35.4 Å². The number of nitrogens with zero attached hydrogens (tertiary/aromatic N) is 1. The van der Waals surface area contributed by atoms with Crippen molar-refractivity contribution in [2.75, 3.05) is 0 Å². The molecule has 0 aliphatic rings. The van der Waals surface area contributed by atoms with Crippen molar-refractivity contribution in [1.29, 1.82) is 5.26 Å². The molecule has 0 N–H and O–H groups in total. The second kappa shape index (κ2) is 4.53. The highest BCUT2D eigenvalue weighted by Crippen LogP contribution is 2.32. The van der Waals surface area contributed by atoms with Crippen molar-refractivity contribution >= 4 is 0 Å². The first kappa shape index (κ1) is 12.2. The molecule has 18 heavy (non-hydrogen) atoms. The van der Waals surface area contributed by atoms with Gasteiger partial charge in [0.15, 0.2) is 0 Å².